The highest BCUT2D eigenvalue weighted by Crippen LogP contribution is 2.14. The molecule has 4 nitrogen and oxygen atoms in total. The van der Waals surface area contributed by atoms with Crippen LogP contribution in [-0.4, -0.2) is 17.2 Å². The predicted octanol–water partition coefficient (Wildman–Crippen LogP) is 1.51. The van der Waals surface area contributed by atoms with E-state index in [0.717, 1.165) is 0 Å². The van der Waals surface area contributed by atoms with E-state index in [1.54, 1.807) is 0 Å². The average Bonchev–Trinajstić information content (AvgIpc) is 2.01. The Labute approximate surface area is 79.9 Å². The van der Waals surface area contributed by atoms with Crippen LogP contribution in [0, 0.1) is 0 Å². The maximum atomic E-state index is 10.7. The molecule has 5 heteroatoms. The van der Waals surface area contributed by atoms with Crippen molar-refractivity contribution in [3.63, 3.8) is 0 Å². The number of carbonyl (C=O) groups excluding carboxylic acids is 2. The summed E-state index contributed by atoms with van der Waals surface area (Å²) in [7, 11) is 0. The van der Waals surface area contributed by atoms with E-state index in [4.69, 9.17) is 11.6 Å². The summed E-state index contributed by atoms with van der Waals surface area (Å²) in [5.74, 6) is -0.223. The summed E-state index contributed by atoms with van der Waals surface area (Å²) in [6, 6.07) is 2.91. The van der Waals surface area contributed by atoms with E-state index in [1.165, 1.54) is 19.1 Å². The number of nitrogens with one attached hydrogen (secondary N) is 1. The van der Waals surface area contributed by atoms with Crippen LogP contribution in [0.15, 0.2) is 12.1 Å². The van der Waals surface area contributed by atoms with Gasteiger partial charge in [0.05, 0.1) is 0 Å². The van der Waals surface area contributed by atoms with Crippen LogP contribution in [0.25, 0.3) is 0 Å². The third-order valence-electron chi connectivity index (χ3n) is 1.26. The maximum Gasteiger partial charge on any atom is 0.221 e. The fourth-order valence-electron chi connectivity index (χ4n) is 0.853. The standard InChI is InChI=1S/C8H7ClN2O2/c1-5(13)10-6-2-7(4-12)11-8(9)3-6/h2-4H,1H3,(H,10,11,13). The summed E-state index contributed by atoms with van der Waals surface area (Å²) >= 11 is 5.59. The molecule has 1 aromatic heterocycles. The molecule has 1 heterocycles. The summed E-state index contributed by atoms with van der Waals surface area (Å²) in [6.07, 6.45) is 0.567. The fourth-order valence-corrected chi connectivity index (χ4v) is 1.07. The van der Waals surface area contributed by atoms with Gasteiger partial charge in [-0.15, -0.1) is 0 Å². The van der Waals surface area contributed by atoms with Gasteiger partial charge in [0, 0.05) is 12.6 Å². The normalized spacial score (nSPS) is 9.38. The monoisotopic (exact) mass is 198 g/mol. The van der Waals surface area contributed by atoms with Crippen LogP contribution in [0.3, 0.4) is 0 Å². The number of hydrogen-bond acceptors (Lipinski definition) is 3. The Morgan fingerprint density at radius 3 is 2.85 bits per heavy atom. The first-order valence-corrected chi connectivity index (χ1v) is 3.90. The van der Waals surface area contributed by atoms with Crippen molar-refractivity contribution in [3.05, 3.63) is 23.0 Å². The van der Waals surface area contributed by atoms with Crippen LogP contribution in [0.2, 0.25) is 5.15 Å². The van der Waals surface area contributed by atoms with Gasteiger partial charge in [-0.1, -0.05) is 11.6 Å². The number of amides is 1. The fraction of sp³-hybridized carbons (Fsp3) is 0.125. The molecular formula is C8H7ClN2O2. The van der Waals surface area contributed by atoms with E-state index in [2.05, 4.69) is 10.3 Å². The van der Waals surface area contributed by atoms with E-state index in [9.17, 15) is 9.59 Å². The van der Waals surface area contributed by atoms with Crippen molar-refractivity contribution >= 4 is 29.5 Å². The third kappa shape index (κ3) is 2.83. The molecule has 0 aliphatic heterocycles. The Balaban J connectivity index is 3.01. The van der Waals surface area contributed by atoms with E-state index in [1.807, 2.05) is 0 Å². The summed E-state index contributed by atoms with van der Waals surface area (Å²) in [4.78, 5) is 24.7. The van der Waals surface area contributed by atoms with Gasteiger partial charge in [-0.25, -0.2) is 4.98 Å². The SMILES string of the molecule is CC(=O)Nc1cc(Cl)nc(C=O)c1. The molecule has 0 unspecified atom stereocenters. The minimum atomic E-state index is -0.223. The zero-order valence-corrected chi connectivity index (χ0v) is 7.63. The van der Waals surface area contributed by atoms with Gasteiger partial charge in [-0.3, -0.25) is 9.59 Å². The molecule has 13 heavy (non-hydrogen) atoms. The van der Waals surface area contributed by atoms with Gasteiger partial charge >= 0.3 is 0 Å². The zero-order chi connectivity index (χ0) is 9.84. The van der Waals surface area contributed by atoms with Crippen LogP contribution in [-0.2, 0) is 4.79 Å². The number of aromatic nitrogens is 1. The maximum absolute atomic E-state index is 10.7. The molecule has 0 aliphatic rings. The highest BCUT2D eigenvalue weighted by atomic mass is 35.5. The molecule has 1 aromatic rings. The third-order valence-corrected chi connectivity index (χ3v) is 1.45. The second-order valence-electron chi connectivity index (χ2n) is 2.40. The lowest BCUT2D eigenvalue weighted by molar-refractivity contribution is -0.114. The summed E-state index contributed by atoms with van der Waals surface area (Å²) in [5.41, 5.74) is 0.658. The van der Waals surface area contributed by atoms with Crippen LogP contribution in [0.1, 0.15) is 17.4 Å². The Morgan fingerprint density at radius 1 is 1.62 bits per heavy atom. The van der Waals surface area contributed by atoms with Crippen molar-refractivity contribution in [2.24, 2.45) is 0 Å². The molecule has 0 radical (unpaired) electrons. The van der Waals surface area contributed by atoms with Crippen molar-refractivity contribution in [1.29, 1.82) is 0 Å². The van der Waals surface area contributed by atoms with Gasteiger partial charge in [0.25, 0.3) is 0 Å². The summed E-state index contributed by atoms with van der Waals surface area (Å²) in [6.45, 7) is 1.37. The lowest BCUT2D eigenvalue weighted by atomic mass is 10.3. The van der Waals surface area contributed by atoms with Gasteiger partial charge in [-0.05, 0) is 12.1 Å². The minimum absolute atomic E-state index is 0.174. The molecule has 68 valence electrons. The second kappa shape index (κ2) is 4.00. The minimum Gasteiger partial charge on any atom is -0.326 e. The number of pyridine rings is 1. The van der Waals surface area contributed by atoms with E-state index in [0.29, 0.717) is 12.0 Å². The largest absolute Gasteiger partial charge is 0.326 e. The van der Waals surface area contributed by atoms with Crippen LogP contribution in [0.5, 0.6) is 0 Å². The van der Waals surface area contributed by atoms with Crippen molar-refractivity contribution in [1.82, 2.24) is 4.98 Å². The second-order valence-corrected chi connectivity index (χ2v) is 2.79. The van der Waals surface area contributed by atoms with Crippen LogP contribution >= 0.6 is 11.6 Å². The van der Waals surface area contributed by atoms with Gasteiger partial charge in [0.15, 0.2) is 6.29 Å². The highest BCUT2D eigenvalue weighted by Gasteiger charge is 2.01. The van der Waals surface area contributed by atoms with Gasteiger partial charge in [0.2, 0.25) is 5.91 Å². The number of hydrogen-bond donors (Lipinski definition) is 1. The first-order valence-electron chi connectivity index (χ1n) is 3.52. The van der Waals surface area contributed by atoms with Gasteiger partial charge in [0.1, 0.15) is 10.8 Å². The first-order chi connectivity index (χ1) is 6.11. The molecule has 0 bridgehead atoms. The predicted molar refractivity (Wildman–Crippen MR) is 48.9 cm³/mol. The molecule has 0 saturated carbocycles. The Kier molecular flexibility index (Phi) is 2.97. The molecule has 0 atom stereocenters. The molecule has 0 fully saturated rings. The van der Waals surface area contributed by atoms with Gasteiger partial charge < -0.3 is 5.32 Å². The molecule has 0 spiro atoms. The Morgan fingerprint density at radius 2 is 2.31 bits per heavy atom. The van der Waals surface area contributed by atoms with E-state index in [-0.39, 0.29) is 16.8 Å². The topological polar surface area (TPSA) is 59.1 Å². The lowest BCUT2D eigenvalue weighted by Crippen LogP contribution is -2.06. The lowest BCUT2D eigenvalue weighted by Gasteiger charge is -2.02. The number of aldehydes is 1. The Bertz CT molecular complexity index is 352. The summed E-state index contributed by atoms with van der Waals surface area (Å²) in [5, 5.41) is 2.67. The smallest absolute Gasteiger partial charge is 0.221 e. The van der Waals surface area contributed by atoms with Crippen LogP contribution < -0.4 is 5.32 Å². The molecule has 0 saturated heterocycles. The number of carbonyl (C=O) groups is 2. The quantitative estimate of drug-likeness (QED) is 0.579. The number of halogens is 1. The molecule has 0 aliphatic carbocycles. The van der Waals surface area contributed by atoms with Crippen molar-refractivity contribution in [3.8, 4) is 0 Å². The number of nitrogens with zero attached hydrogens (tertiary/aromatic N) is 1. The number of rotatable bonds is 2. The zero-order valence-electron chi connectivity index (χ0n) is 6.87. The van der Waals surface area contributed by atoms with Gasteiger partial charge in [-0.2, -0.15) is 0 Å². The van der Waals surface area contributed by atoms with Crippen molar-refractivity contribution in [2.45, 2.75) is 6.92 Å². The van der Waals surface area contributed by atoms with Crippen molar-refractivity contribution < 1.29 is 9.59 Å². The molecule has 1 rings (SSSR count). The van der Waals surface area contributed by atoms with Crippen molar-refractivity contribution in [2.75, 3.05) is 5.32 Å². The molecule has 0 aromatic carbocycles. The average molecular weight is 199 g/mol. The Hall–Kier alpha value is -1.42. The summed E-state index contributed by atoms with van der Waals surface area (Å²) < 4.78 is 0. The number of anilines is 1. The van der Waals surface area contributed by atoms with E-state index < -0.39 is 0 Å². The molecule has 1 N–H and O–H groups in total. The van der Waals surface area contributed by atoms with E-state index >= 15 is 0 Å². The van der Waals surface area contributed by atoms with Crippen LogP contribution in [0.4, 0.5) is 5.69 Å². The highest BCUT2D eigenvalue weighted by molar-refractivity contribution is 6.29. The first kappa shape index (κ1) is 9.67. The molecule has 1 amide bonds. The molecular weight excluding hydrogens is 192 g/mol.